The third-order valence-electron chi connectivity index (χ3n) is 3.14. The molecule has 0 aliphatic rings. The van der Waals surface area contributed by atoms with Crippen LogP contribution in [-0.4, -0.2) is 27.7 Å². The standard InChI is InChI=1S/C15H18N2O4/c1-15(2,14-16-7-8-17(14)3)21-12-9-10(13(18)19)5-6-11(12)20-4/h5-9H,1-4H3,(H,18,19). The van der Waals surface area contributed by atoms with E-state index in [1.165, 1.54) is 19.2 Å². The Labute approximate surface area is 122 Å². The summed E-state index contributed by atoms with van der Waals surface area (Å²) < 4.78 is 13.1. The van der Waals surface area contributed by atoms with Crippen LogP contribution in [0.5, 0.6) is 11.5 Å². The number of nitrogens with zero attached hydrogens (tertiary/aromatic N) is 2. The van der Waals surface area contributed by atoms with Crippen LogP contribution < -0.4 is 9.47 Å². The second kappa shape index (κ2) is 5.47. The highest BCUT2D eigenvalue weighted by molar-refractivity contribution is 5.88. The zero-order chi connectivity index (χ0) is 15.6. The fraction of sp³-hybridized carbons (Fsp3) is 0.333. The first-order chi connectivity index (χ1) is 9.85. The molecule has 0 aliphatic carbocycles. The summed E-state index contributed by atoms with van der Waals surface area (Å²) in [5.74, 6) is 0.551. The molecule has 0 amide bonds. The van der Waals surface area contributed by atoms with Gasteiger partial charge >= 0.3 is 5.97 Å². The van der Waals surface area contributed by atoms with Gasteiger partial charge in [-0.1, -0.05) is 0 Å². The third-order valence-corrected chi connectivity index (χ3v) is 3.14. The average Bonchev–Trinajstić information content (AvgIpc) is 2.85. The second-order valence-electron chi connectivity index (χ2n) is 5.14. The molecule has 0 aliphatic heterocycles. The van der Waals surface area contributed by atoms with Gasteiger partial charge in [0.15, 0.2) is 22.9 Å². The molecule has 0 bridgehead atoms. The number of ether oxygens (including phenoxy) is 2. The Morgan fingerprint density at radius 3 is 2.57 bits per heavy atom. The van der Waals surface area contributed by atoms with Gasteiger partial charge in [-0.3, -0.25) is 0 Å². The minimum absolute atomic E-state index is 0.140. The molecule has 1 aromatic heterocycles. The number of hydrogen-bond acceptors (Lipinski definition) is 4. The van der Waals surface area contributed by atoms with Crippen molar-refractivity contribution >= 4 is 5.97 Å². The lowest BCUT2D eigenvalue weighted by atomic mass is 10.1. The molecule has 0 atom stereocenters. The van der Waals surface area contributed by atoms with Gasteiger partial charge < -0.3 is 19.1 Å². The van der Waals surface area contributed by atoms with Gasteiger partial charge in [-0.25, -0.2) is 9.78 Å². The fourth-order valence-electron chi connectivity index (χ4n) is 2.16. The normalized spacial score (nSPS) is 11.2. The number of aryl methyl sites for hydroxylation is 1. The molecule has 0 unspecified atom stereocenters. The molecule has 0 saturated heterocycles. The van der Waals surface area contributed by atoms with Gasteiger partial charge in [0.1, 0.15) is 0 Å². The third kappa shape index (κ3) is 2.99. The van der Waals surface area contributed by atoms with E-state index in [0.29, 0.717) is 11.5 Å². The molecule has 1 aromatic carbocycles. The quantitative estimate of drug-likeness (QED) is 0.915. The van der Waals surface area contributed by atoms with Gasteiger partial charge in [-0.2, -0.15) is 0 Å². The highest BCUT2D eigenvalue weighted by Gasteiger charge is 2.28. The molecule has 2 rings (SSSR count). The predicted octanol–water partition coefficient (Wildman–Crippen LogP) is 2.44. The van der Waals surface area contributed by atoms with Crippen LogP contribution in [0.4, 0.5) is 0 Å². The zero-order valence-electron chi connectivity index (χ0n) is 12.5. The number of carboxylic acids is 1. The SMILES string of the molecule is COc1ccc(C(=O)O)cc1OC(C)(C)c1nccn1C. The Morgan fingerprint density at radius 1 is 1.33 bits per heavy atom. The van der Waals surface area contributed by atoms with E-state index in [4.69, 9.17) is 14.6 Å². The van der Waals surface area contributed by atoms with E-state index in [1.807, 2.05) is 31.7 Å². The van der Waals surface area contributed by atoms with E-state index in [9.17, 15) is 4.79 Å². The van der Waals surface area contributed by atoms with Crippen LogP contribution in [0.15, 0.2) is 30.6 Å². The van der Waals surface area contributed by atoms with Crippen molar-refractivity contribution in [2.45, 2.75) is 19.4 Å². The molecule has 21 heavy (non-hydrogen) atoms. The van der Waals surface area contributed by atoms with E-state index >= 15 is 0 Å². The number of carbonyl (C=O) groups is 1. The van der Waals surface area contributed by atoms with Gasteiger partial charge in [0.2, 0.25) is 0 Å². The zero-order valence-corrected chi connectivity index (χ0v) is 12.5. The lowest BCUT2D eigenvalue weighted by Crippen LogP contribution is -2.29. The lowest BCUT2D eigenvalue weighted by Gasteiger charge is -2.27. The summed E-state index contributed by atoms with van der Waals surface area (Å²) in [7, 11) is 3.38. The first-order valence-corrected chi connectivity index (χ1v) is 6.43. The van der Waals surface area contributed by atoms with E-state index in [0.717, 1.165) is 5.82 Å². The minimum atomic E-state index is -1.02. The number of hydrogen-bond donors (Lipinski definition) is 1. The van der Waals surface area contributed by atoms with Crippen molar-refractivity contribution in [3.63, 3.8) is 0 Å². The van der Waals surface area contributed by atoms with E-state index in [2.05, 4.69) is 4.98 Å². The fourth-order valence-corrected chi connectivity index (χ4v) is 2.16. The lowest BCUT2D eigenvalue weighted by molar-refractivity contribution is 0.0690. The molecule has 6 nitrogen and oxygen atoms in total. The highest BCUT2D eigenvalue weighted by atomic mass is 16.5. The number of methoxy groups -OCH3 is 1. The first-order valence-electron chi connectivity index (χ1n) is 6.43. The van der Waals surface area contributed by atoms with E-state index in [1.54, 1.807) is 12.3 Å². The smallest absolute Gasteiger partial charge is 0.335 e. The Kier molecular flexibility index (Phi) is 3.88. The van der Waals surface area contributed by atoms with Crippen molar-refractivity contribution in [3.05, 3.63) is 42.0 Å². The summed E-state index contributed by atoms with van der Waals surface area (Å²) >= 11 is 0. The maximum absolute atomic E-state index is 11.1. The van der Waals surface area contributed by atoms with Crippen molar-refractivity contribution in [3.8, 4) is 11.5 Å². The van der Waals surface area contributed by atoms with Crippen molar-refractivity contribution in [1.82, 2.24) is 9.55 Å². The summed E-state index contributed by atoms with van der Waals surface area (Å²) in [6, 6.07) is 4.50. The molecule has 112 valence electrons. The average molecular weight is 290 g/mol. The van der Waals surface area contributed by atoms with Crippen LogP contribution in [0.2, 0.25) is 0 Å². The Morgan fingerprint density at radius 2 is 2.05 bits per heavy atom. The van der Waals surface area contributed by atoms with Crippen LogP contribution in [-0.2, 0) is 12.6 Å². The molecular formula is C15H18N2O4. The van der Waals surface area contributed by atoms with Crippen molar-refractivity contribution < 1.29 is 19.4 Å². The number of aromatic nitrogens is 2. The van der Waals surface area contributed by atoms with Crippen LogP contribution in [0.3, 0.4) is 0 Å². The van der Waals surface area contributed by atoms with Crippen molar-refractivity contribution in [2.75, 3.05) is 7.11 Å². The molecule has 0 spiro atoms. The number of imidazole rings is 1. The summed E-state index contributed by atoms with van der Waals surface area (Å²) in [6.45, 7) is 3.73. The summed E-state index contributed by atoms with van der Waals surface area (Å²) in [4.78, 5) is 15.4. The topological polar surface area (TPSA) is 73.6 Å². The van der Waals surface area contributed by atoms with E-state index < -0.39 is 11.6 Å². The summed E-state index contributed by atoms with van der Waals surface area (Å²) in [6.07, 6.45) is 3.51. The first kappa shape index (κ1) is 14.9. The van der Waals surface area contributed by atoms with Gasteiger partial charge in [0, 0.05) is 19.4 Å². The molecular weight excluding hydrogens is 272 g/mol. The van der Waals surface area contributed by atoms with E-state index in [-0.39, 0.29) is 5.56 Å². The Hall–Kier alpha value is -2.50. The Bertz CT molecular complexity index is 661. The molecule has 0 fully saturated rings. The van der Waals surface area contributed by atoms with Crippen LogP contribution in [0.25, 0.3) is 0 Å². The van der Waals surface area contributed by atoms with Crippen LogP contribution in [0, 0.1) is 0 Å². The number of rotatable bonds is 5. The molecule has 1 N–H and O–H groups in total. The Balaban J connectivity index is 2.40. The number of carboxylic acid groups (broad SMARTS) is 1. The summed E-state index contributed by atoms with van der Waals surface area (Å²) in [5.41, 5.74) is -0.593. The monoisotopic (exact) mass is 290 g/mol. The minimum Gasteiger partial charge on any atom is -0.493 e. The van der Waals surface area contributed by atoms with Crippen molar-refractivity contribution in [2.24, 2.45) is 7.05 Å². The molecule has 0 saturated carbocycles. The van der Waals surface area contributed by atoms with Gasteiger partial charge in [-0.15, -0.1) is 0 Å². The molecule has 0 radical (unpaired) electrons. The maximum atomic E-state index is 11.1. The largest absolute Gasteiger partial charge is 0.493 e. The molecule has 1 heterocycles. The van der Waals surface area contributed by atoms with Crippen LogP contribution >= 0.6 is 0 Å². The second-order valence-corrected chi connectivity index (χ2v) is 5.14. The van der Waals surface area contributed by atoms with Crippen molar-refractivity contribution in [1.29, 1.82) is 0 Å². The molecule has 2 aromatic rings. The van der Waals surface area contributed by atoms with Gasteiger partial charge in [0.25, 0.3) is 0 Å². The van der Waals surface area contributed by atoms with Crippen LogP contribution in [0.1, 0.15) is 30.0 Å². The highest BCUT2D eigenvalue weighted by Crippen LogP contribution is 2.34. The number of aromatic carboxylic acids is 1. The van der Waals surface area contributed by atoms with Gasteiger partial charge in [-0.05, 0) is 32.0 Å². The summed E-state index contributed by atoms with van der Waals surface area (Å²) in [5, 5.41) is 9.09. The predicted molar refractivity (Wildman–Crippen MR) is 76.8 cm³/mol. The maximum Gasteiger partial charge on any atom is 0.335 e. The molecule has 6 heteroatoms. The van der Waals surface area contributed by atoms with Gasteiger partial charge in [0.05, 0.1) is 12.7 Å². The number of benzene rings is 1.